The van der Waals surface area contributed by atoms with Gasteiger partial charge in [-0.05, 0) is 36.8 Å². The molecule has 0 saturated carbocycles. The van der Waals surface area contributed by atoms with Crippen LogP contribution in [0.25, 0.3) is 0 Å². The average Bonchev–Trinajstić information content (AvgIpc) is 2.71. The Morgan fingerprint density at radius 3 is 2.17 bits per heavy atom. The molecule has 0 heterocycles. The lowest BCUT2D eigenvalue weighted by atomic mass is 10.2. The van der Waals surface area contributed by atoms with E-state index in [4.69, 9.17) is 39.5 Å². The number of nitrogens with one attached hydrogen (secondary N) is 3. The second-order valence-corrected chi connectivity index (χ2v) is 7.40. The van der Waals surface area contributed by atoms with Gasteiger partial charge in [-0.3, -0.25) is 25.2 Å². The largest absolute Gasteiger partial charge is 0.492 e. The van der Waals surface area contributed by atoms with Crippen molar-refractivity contribution in [1.29, 1.82) is 0 Å². The number of carbonyl (C=O) groups excluding carboxylic acids is 3. The fraction of sp³-hybridized carbons (Fsp3) is 0.250. The zero-order valence-corrected chi connectivity index (χ0v) is 18.1. The van der Waals surface area contributed by atoms with Crippen molar-refractivity contribution >= 4 is 58.2 Å². The SMILES string of the molecule is O=C(CCCOc1ccc(Cl)cc1Cl)NNC(=O)CCC(=O)Nc1ccccc1Cl. The molecule has 0 aliphatic heterocycles. The minimum Gasteiger partial charge on any atom is -0.492 e. The summed E-state index contributed by atoms with van der Waals surface area (Å²) < 4.78 is 5.48. The van der Waals surface area contributed by atoms with E-state index in [9.17, 15) is 14.4 Å². The van der Waals surface area contributed by atoms with E-state index in [1.54, 1.807) is 42.5 Å². The third-order valence-corrected chi connectivity index (χ3v) is 4.63. The van der Waals surface area contributed by atoms with Gasteiger partial charge >= 0.3 is 0 Å². The van der Waals surface area contributed by atoms with Gasteiger partial charge in [0.05, 0.1) is 22.3 Å². The van der Waals surface area contributed by atoms with Gasteiger partial charge in [-0.2, -0.15) is 0 Å². The zero-order valence-electron chi connectivity index (χ0n) is 15.8. The highest BCUT2D eigenvalue weighted by molar-refractivity contribution is 6.35. The summed E-state index contributed by atoms with van der Waals surface area (Å²) in [7, 11) is 0. The van der Waals surface area contributed by atoms with Crippen molar-refractivity contribution in [1.82, 2.24) is 10.9 Å². The Hall–Kier alpha value is -2.48. The van der Waals surface area contributed by atoms with E-state index in [1.807, 2.05) is 0 Å². The molecule has 2 rings (SSSR count). The monoisotopic (exact) mass is 471 g/mol. The third kappa shape index (κ3) is 8.49. The van der Waals surface area contributed by atoms with Crippen LogP contribution in [0.2, 0.25) is 15.1 Å². The molecular formula is C20H20Cl3N3O4. The summed E-state index contributed by atoms with van der Waals surface area (Å²) in [6, 6.07) is 11.6. The number of ether oxygens (including phenoxy) is 1. The molecule has 0 aromatic heterocycles. The van der Waals surface area contributed by atoms with Gasteiger partial charge in [-0.15, -0.1) is 0 Å². The molecule has 0 spiro atoms. The summed E-state index contributed by atoms with van der Waals surface area (Å²) >= 11 is 17.8. The molecule has 10 heteroatoms. The Kier molecular flexibility index (Phi) is 9.73. The highest BCUT2D eigenvalue weighted by atomic mass is 35.5. The molecule has 2 aromatic rings. The molecule has 160 valence electrons. The minimum absolute atomic E-state index is 0.0530. The number of amides is 3. The second-order valence-electron chi connectivity index (χ2n) is 6.15. The molecule has 2 aromatic carbocycles. The number of benzene rings is 2. The van der Waals surface area contributed by atoms with E-state index in [0.717, 1.165) is 0 Å². The predicted octanol–water partition coefficient (Wildman–Crippen LogP) is 4.37. The van der Waals surface area contributed by atoms with Crippen LogP contribution in [0.15, 0.2) is 42.5 Å². The zero-order chi connectivity index (χ0) is 21.9. The van der Waals surface area contributed by atoms with Crippen LogP contribution in [0.1, 0.15) is 25.7 Å². The molecule has 0 bridgehead atoms. The maximum absolute atomic E-state index is 11.9. The highest BCUT2D eigenvalue weighted by Crippen LogP contribution is 2.27. The smallest absolute Gasteiger partial charge is 0.238 e. The first-order valence-corrected chi connectivity index (χ1v) is 10.2. The van der Waals surface area contributed by atoms with E-state index < -0.39 is 5.91 Å². The molecule has 3 N–H and O–H groups in total. The van der Waals surface area contributed by atoms with Crippen LogP contribution in [0.4, 0.5) is 5.69 Å². The van der Waals surface area contributed by atoms with Gasteiger partial charge in [0.1, 0.15) is 5.75 Å². The van der Waals surface area contributed by atoms with Crippen molar-refractivity contribution in [3.63, 3.8) is 0 Å². The van der Waals surface area contributed by atoms with Gasteiger partial charge < -0.3 is 10.1 Å². The molecule has 0 fully saturated rings. The van der Waals surface area contributed by atoms with E-state index in [2.05, 4.69) is 16.2 Å². The van der Waals surface area contributed by atoms with E-state index >= 15 is 0 Å². The number of hydrazine groups is 1. The minimum atomic E-state index is -0.484. The molecule has 7 nitrogen and oxygen atoms in total. The van der Waals surface area contributed by atoms with Crippen LogP contribution in [-0.2, 0) is 14.4 Å². The van der Waals surface area contributed by atoms with Gasteiger partial charge in [0.2, 0.25) is 17.7 Å². The standard InChI is InChI=1S/C20H20Cl3N3O4/c21-13-7-8-17(15(23)12-13)30-11-3-6-19(28)25-26-20(29)10-9-18(27)24-16-5-2-1-4-14(16)22/h1-2,4-5,7-8,12H,3,6,9-11H2,(H,24,27)(H,25,28)(H,26,29). The Morgan fingerprint density at radius 2 is 1.47 bits per heavy atom. The van der Waals surface area contributed by atoms with Crippen LogP contribution in [0.5, 0.6) is 5.75 Å². The fourth-order valence-electron chi connectivity index (χ4n) is 2.27. The number of hydrogen-bond acceptors (Lipinski definition) is 4. The van der Waals surface area contributed by atoms with Crippen molar-refractivity contribution in [3.05, 3.63) is 57.5 Å². The van der Waals surface area contributed by atoms with Crippen LogP contribution in [0, 0.1) is 0 Å². The van der Waals surface area contributed by atoms with E-state index in [-0.39, 0.29) is 37.7 Å². The fourth-order valence-corrected chi connectivity index (χ4v) is 2.92. The Morgan fingerprint density at radius 1 is 0.800 bits per heavy atom. The average molecular weight is 473 g/mol. The van der Waals surface area contributed by atoms with E-state index in [0.29, 0.717) is 32.9 Å². The summed E-state index contributed by atoms with van der Waals surface area (Å²) in [6.07, 6.45) is 0.413. The number of para-hydroxylation sites is 1. The molecule has 0 saturated heterocycles. The summed E-state index contributed by atoms with van der Waals surface area (Å²) in [4.78, 5) is 35.4. The molecule has 0 atom stereocenters. The van der Waals surface area contributed by atoms with E-state index in [1.165, 1.54) is 0 Å². The Labute approximate surface area is 189 Å². The third-order valence-electron chi connectivity index (χ3n) is 3.77. The quantitative estimate of drug-likeness (QED) is 0.373. The lowest BCUT2D eigenvalue weighted by Gasteiger charge is -2.10. The Balaban J connectivity index is 1.58. The number of rotatable bonds is 9. The van der Waals surface area contributed by atoms with Gasteiger partial charge in [0.15, 0.2) is 0 Å². The van der Waals surface area contributed by atoms with Crippen molar-refractivity contribution in [2.24, 2.45) is 0 Å². The van der Waals surface area contributed by atoms with Gasteiger partial charge in [0, 0.05) is 24.3 Å². The van der Waals surface area contributed by atoms with Gasteiger partial charge in [0.25, 0.3) is 0 Å². The molecule has 0 aliphatic rings. The van der Waals surface area contributed by atoms with Gasteiger partial charge in [-0.25, -0.2) is 0 Å². The lowest BCUT2D eigenvalue weighted by molar-refractivity contribution is -0.129. The first-order valence-electron chi connectivity index (χ1n) is 9.05. The molecule has 30 heavy (non-hydrogen) atoms. The molecule has 0 radical (unpaired) electrons. The van der Waals surface area contributed by atoms with Crippen molar-refractivity contribution in [3.8, 4) is 5.75 Å². The number of halogens is 3. The van der Waals surface area contributed by atoms with Crippen LogP contribution >= 0.6 is 34.8 Å². The first kappa shape index (κ1) is 23.8. The second kappa shape index (κ2) is 12.3. The van der Waals surface area contributed by atoms with Crippen molar-refractivity contribution < 1.29 is 19.1 Å². The molecule has 0 aliphatic carbocycles. The number of carbonyl (C=O) groups is 3. The predicted molar refractivity (Wildman–Crippen MR) is 117 cm³/mol. The maximum atomic E-state index is 11.9. The molecular weight excluding hydrogens is 453 g/mol. The summed E-state index contributed by atoms with van der Waals surface area (Å²) in [5.74, 6) is -0.746. The molecule has 3 amide bonds. The normalized spacial score (nSPS) is 10.2. The summed E-state index contributed by atoms with van der Waals surface area (Å²) in [5, 5.41) is 3.91. The Bertz CT molecular complexity index is 909. The van der Waals surface area contributed by atoms with Crippen LogP contribution < -0.4 is 20.9 Å². The lowest BCUT2D eigenvalue weighted by Crippen LogP contribution is -2.41. The number of hydrogen-bond donors (Lipinski definition) is 3. The topological polar surface area (TPSA) is 96.5 Å². The molecule has 0 unspecified atom stereocenters. The van der Waals surface area contributed by atoms with Crippen molar-refractivity contribution in [2.75, 3.05) is 11.9 Å². The number of anilines is 1. The highest BCUT2D eigenvalue weighted by Gasteiger charge is 2.10. The van der Waals surface area contributed by atoms with Gasteiger partial charge in [-0.1, -0.05) is 46.9 Å². The van der Waals surface area contributed by atoms with Crippen molar-refractivity contribution in [2.45, 2.75) is 25.7 Å². The van der Waals surface area contributed by atoms with Crippen LogP contribution in [-0.4, -0.2) is 24.3 Å². The summed E-state index contributed by atoms with van der Waals surface area (Å²) in [6.45, 7) is 0.269. The summed E-state index contributed by atoms with van der Waals surface area (Å²) in [5.41, 5.74) is 5.03. The first-order chi connectivity index (χ1) is 14.3. The van der Waals surface area contributed by atoms with Crippen LogP contribution in [0.3, 0.4) is 0 Å². The maximum Gasteiger partial charge on any atom is 0.238 e.